The third kappa shape index (κ3) is 2.59. The van der Waals surface area contributed by atoms with Gasteiger partial charge in [-0.05, 0) is 24.7 Å². The first-order valence-electron chi connectivity index (χ1n) is 9.02. The summed E-state index contributed by atoms with van der Waals surface area (Å²) in [6.45, 7) is 5.51. The number of likely N-dealkylation sites (tertiary alicyclic amines) is 1. The van der Waals surface area contributed by atoms with Crippen LogP contribution >= 0.6 is 0 Å². The van der Waals surface area contributed by atoms with Crippen molar-refractivity contribution in [3.8, 4) is 0 Å². The van der Waals surface area contributed by atoms with Gasteiger partial charge in [-0.2, -0.15) is 0 Å². The van der Waals surface area contributed by atoms with Gasteiger partial charge in [-0.1, -0.05) is 11.6 Å². The van der Waals surface area contributed by atoms with Gasteiger partial charge in [-0.3, -0.25) is 4.90 Å². The van der Waals surface area contributed by atoms with Crippen molar-refractivity contribution < 1.29 is 4.52 Å². The van der Waals surface area contributed by atoms with Crippen molar-refractivity contribution in [2.75, 3.05) is 31.1 Å². The Morgan fingerprint density at radius 3 is 2.58 bits per heavy atom. The molecule has 2 aromatic rings. The number of aromatic nitrogens is 3. The molecule has 3 aliphatic rings. The minimum absolute atomic E-state index is 0.674. The lowest BCUT2D eigenvalue weighted by Crippen LogP contribution is -2.29. The molecule has 3 fully saturated rings. The summed E-state index contributed by atoms with van der Waals surface area (Å²) in [5.74, 6) is 3.29. The molecule has 2 atom stereocenters. The van der Waals surface area contributed by atoms with Gasteiger partial charge in [-0.25, -0.2) is 9.97 Å². The third-order valence-electron chi connectivity index (χ3n) is 5.97. The van der Waals surface area contributed by atoms with Gasteiger partial charge in [0.2, 0.25) is 0 Å². The second-order valence-corrected chi connectivity index (χ2v) is 7.58. The van der Waals surface area contributed by atoms with Crippen LogP contribution in [0.25, 0.3) is 0 Å². The van der Waals surface area contributed by atoms with E-state index in [9.17, 15) is 0 Å². The van der Waals surface area contributed by atoms with E-state index < -0.39 is 0 Å². The third-order valence-corrected chi connectivity index (χ3v) is 5.97. The van der Waals surface area contributed by atoms with Crippen LogP contribution in [0, 0.1) is 11.8 Å². The molecule has 6 nitrogen and oxygen atoms in total. The predicted molar refractivity (Wildman–Crippen MR) is 89.6 cm³/mol. The van der Waals surface area contributed by atoms with Crippen molar-refractivity contribution in [2.24, 2.45) is 11.8 Å². The molecule has 6 heteroatoms. The molecule has 5 rings (SSSR count). The number of nitrogens with zero attached hydrogens (tertiary/aromatic N) is 5. The molecule has 0 bridgehead atoms. The number of anilines is 1. The highest BCUT2D eigenvalue weighted by Crippen LogP contribution is 2.38. The van der Waals surface area contributed by atoms with E-state index in [0.29, 0.717) is 5.92 Å². The molecular weight excluding hydrogens is 302 g/mol. The lowest BCUT2D eigenvalue weighted by molar-refractivity contribution is 0.307. The van der Waals surface area contributed by atoms with Crippen molar-refractivity contribution in [1.29, 1.82) is 0 Å². The van der Waals surface area contributed by atoms with Crippen LogP contribution in [0.15, 0.2) is 29.4 Å². The SMILES string of the molecule is c1nc(C2CCC2)cc(N2CC3CN(Cc4cnoc4)CC3C2)n1. The van der Waals surface area contributed by atoms with E-state index in [1.807, 2.05) is 6.20 Å². The molecule has 0 radical (unpaired) electrons. The molecule has 2 aromatic heterocycles. The molecule has 126 valence electrons. The van der Waals surface area contributed by atoms with E-state index in [4.69, 9.17) is 4.52 Å². The second-order valence-electron chi connectivity index (χ2n) is 7.58. The number of fused-ring (bicyclic) bond motifs is 1. The summed E-state index contributed by atoms with van der Waals surface area (Å²) in [4.78, 5) is 14.0. The van der Waals surface area contributed by atoms with Gasteiger partial charge < -0.3 is 9.42 Å². The van der Waals surface area contributed by atoms with Gasteiger partial charge in [0.05, 0.1) is 6.20 Å². The smallest absolute Gasteiger partial charge is 0.132 e. The van der Waals surface area contributed by atoms with Crippen LogP contribution in [0.2, 0.25) is 0 Å². The molecule has 0 N–H and O–H groups in total. The average molecular weight is 325 g/mol. The second kappa shape index (κ2) is 5.84. The first-order valence-corrected chi connectivity index (χ1v) is 9.02. The van der Waals surface area contributed by atoms with Gasteiger partial charge >= 0.3 is 0 Å². The van der Waals surface area contributed by atoms with E-state index >= 15 is 0 Å². The topological polar surface area (TPSA) is 58.3 Å². The minimum atomic E-state index is 0.674. The van der Waals surface area contributed by atoms with Crippen LogP contribution in [0.1, 0.15) is 36.4 Å². The van der Waals surface area contributed by atoms with Gasteiger partial charge in [0.15, 0.2) is 0 Å². The molecule has 0 amide bonds. The maximum Gasteiger partial charge on any atom is 0.132 e. The summed E-state index contributed by atoms with van der Waals surface area (Å²) in [6, 6.07) is 2.24. The summed E-state index contributed by atoms with van der Waals surface area (Å²) in [5, 5.41) is 3.80. The molecule has 4 heterocycles. The lowest BCUT2D eigenvalue weighted by Gasteiger charge is -2.26. The van der Waals surface area contributed by atoms with Crippen molar-refractivity contribution in [3.05, 3.63) is 36.1 Å². The molecule has 1 saturated carbocycles. The van der Waals surface area contributed by atoms with E-state index in [-0.39, 0.29) is 0 Å². The highest BCUT2D eigenvalue weighted by Gasteiger charge is 2.40. The van der Waals surface area contributed by atoms with Crippen LogP contribution < -0.4 is 4.90 Å². The Bertz CT molecular complexity index is 685. The largest absolute Gasteiger partial charge is 0.364 e. The van der Waals surface area contributed by atoms with Gasteiger partial charge in [0.1, 0.15) is 18.4 Å². The molecule has 0 spiro atoms. The van der Waals surface area contributed by atoms with Crippen LogP contribution in [-0.4, -0.2) is 46.2 Å². The van der Waals surface area contributed by atoms with E-state index in [2.05, 4.69) is 31.0 Å². The van der Waals surface area contributed by atoms with E-state index in [1.54, 1.807) is 12.6 Å². The van der Waals surface area contributed by atoms with E-state index in [1.165, 1.54) is 30.5 Å². The zero-order valence-electron chi connectivity index (χ0n) is 13.8. The van der Waals surface area contributed by atoms with Gasteiger partial charge in [0, 0.05) is 56.0 Å². The fourth-order valence-electron chi connectivity index (χ4n) is 4.43. The fraction of sp³-hybridized carbons (Fsp3) is 0.611. The van der Waals surface area contributed by atoms with Crippen molar-refractivity contribution >= 4 is 5.82 Å². The maximum absolute atomic E-state index is 4.94. The normalized spacial score (nSPS) is 27.4. The average Bonchev–Trinajstić information content (AvgIpc) is 3.22. The zero-order chi connectivity index (χ0) is 15.9. The van der Waals surface area contributed by atoms with Crippen LogP contribution in [0.3, 0.4) is 0 Å². The lowest BCUT2D eigenvalue weighted by atomic mass is 9.83. The minimum Gasteiger partial charge on any atom is -0.364 e. The monoisotopic (exact) mass is 325 g/mol. The Labute approximate surface area is 141 Å². The molecule has 1 aliphatic carbocycles. The Hall–Kier alpha value is -1.95. The zero-order valence-corrected chi connectivity index (χ0v) is 13.8. The summed E-state index contributed by atoms with van der Waals surface area (Å²) in [7, 11) is 0. The summed E-state index contributed by atoms with van der Waals surface area (Å²) < 4.78 is 4.94. The van der Waals surface area contributed by atoms with Crippen LogP contribution in [0.5, 0.6) is 0 Å². The molecule has 0 aromatic carbocycles. The predicted octanol–water partition coefficient (Wildman–Crippen LogP) is 2.30. The number of hydrogen-bond acceptors (Lipinski definition) is 6. The standard InChI is InChI=1S/C18H23N5O/c1-2-14(3-1)17-4-18(20-12-19-17)23-9-15-7-22(8-16(15)10-23)6-13-5-21-24-11-13/h4-5,11-12,14-16H,1-3,6-10H2. The van der Waals surface area contributed by atoms with Crippen molar-refractivity contribution in [3.63, 3.8) is 0 Å². The quantitative estimate of drug-likeness (QED) is 0.860. The maximum atomic E-state index is 4.94. The van der Waals surface area contributed by atoms with Crippen LogP contribution in [-0.2, 0) is 6.54 Å². The summed E-state index contributed by atoms with van der Waals surface area (Å²) in [6.07, 6.45) is 9.26. The molecule has 2 aliphatic heterocycles. The summed E-state index contributed by atoms with van der Waals surface area (Å²) >= 11 is 0. The molecule has 24 heavy (non-hydrogen) atoms. The van der Waals surface area contributed by atoms with Gasteiger partial charge in [0.25, 0.3) is 0 Å². The Morgan fingerprint density at radius 1 is 1.08 bits per heavy atom. The first kappa shape index (κ1) is 14.4. The van der Waals surface area contributed by atoms with Crippen molar-refractivity contribution in [2.45, 2.75) is 31.7 Å². The fourth-order valence-corrected chi connectivity index (χ4v) is 4.43. The molecule has 2 saturated heterocycles. The highest BCUT2D eigenvalue weighted by atomic mass is 16.5. The Morgan fingerprint density at radius 2 is 1.92 bits per heavy atom. The van der Waals surface area contributed by atoms with Gasteiger partial charge in [-0.15, -0.1) is 0 Å². The Balaban J connectivity index is 1.23. The van der Waals surface area contributed by atoms with Crippen LogP contribution in [0.4, 0.5) is 5.82 Å². The first-order chi connectivity index (χ1) is 11.8. The Kier molecular flexibility index (Phi) is 3.51. The molecule has 2 unspecified atom stereocenters. The van der Waals surface area contributed by atoms with Crippen molar-refractivity contribution in [1.82, 2.24) is 20.0 Å². The number of rotatable bonds is 4. The number of hydrogen-bond donors (Lipinski definition) is 0. The van der Waals surface area contributed by atoms with E-state index in [0.717, 1.165) is 50.4 Å². The summed E-state index contributed by atoms with van der Waals surface area (Å²) in [5.41, 5.74) is 2.42. The molecular formula is C18H23N5O. The highest BCUT2D eigenvalue weighted by molar-refractivity contribution is 5.42.